The van der Waals surface area contributed by atoms with Crippen LogP contribution in [0.25, 0.3) is 0 Å². The van der Waals surface area contributed by atoms with Crippen LogP contribution in [0.1, 0.15) is 44.2 Å². The molecule has 0 aliphatic carbocycles. The number of carbonyl (C=O) groups is 1. The zero-order valence-corrected chi connectivity index (χ0v) is 11.5. The van der Waals surface area contributed by atoms with Gasteiger partial charge in [-0.15, -0.1) is 0 Å². The molecular formula is C13H23N3O2. The molecule has 2 atom stereocenters. The fourth-order valence-corrected chi connectivity index (χ4v) is 1.69. The van der Waals surface area contributed by atoms with E-state index in [1.54, 1.807) is 12.3 Å². The molecule has 0 spiro atoms. The molecule has 18 heavy (non-hydrogen) atoms. The van der Waals surface area contributed by atoms with Gasteiger partial charge in [0.05, 0.1) is 5.69 Å². The van der Waals surface area contributed by atoms with E-state index >= 15 is 0 Å². The number of aliphatic hydroxyl groups is 1. The van der Waals surface area contributed by atoms with Gasteiger partial charge >= 0.3 is 0 Å². The number of nitrogens with zero attached hydrogens (tertiary/aromatic N) is 1. The Balaban J connectivity index is 2.84. The molecule has 102 valence electrons. The number of anilines is 1. The lowest BCUT2D eigenvalue weighted by molar-refractivity contribution is 0.0905. The van der Waals surface area contributed by atoms with E-state index < -0.39 is 0 Å². The molecule has 1 heterocycles. The highest BCUT2D eigenvalue weighted by atomic mass is 16.3. The Labute approximate surface area is 108 Å². The summed E-state index contributed by atoms with van der Waals surface area (Å²) >= 11 is 0. The molecule has 0 aromatic carbocycles. The molecule has 4 N–H and O–H groups in total. The second kappa shape index (κ2) is 5.91. The van der Waals surface area contributed by atoms with Crippen molar-refractivity contribution in [2.45, 2.75) is 39.8 Å². The van der Waals surface area contributed by atoms with Crippen LogP contribution >= 0.6 is 0 Å². The molecule has 5 nitrogen and oxygen atoms in total. The highest BCUT2D eigenvalue weighted by molar-refractivity contribution is 5.94. The highest BCUT2D eigenvalue weighted by Crippen LogP contribution is 2.16. The van der Waals surface area contributed by atoms with E-state index in [0.29, 0.717) is 11.4 Å². The van der Waals surface area contributed by atoms with Crippen molar-refractivity contribution in [1.29, 1.82) is 0 Å². The summed E-state index contributed by atoms with van der Waals surface area (Å²) in [5.41, 5.74) is 6.87. The second-order valence-electron chi connectivity index (χ2n) is 5.08. The second-order valence-corrected chi connectivity index (χ2v) is 5.08. The number of nitrogen functional groups attached to an aromatic ring is 1. The molecule has 1 rings (SSSR count). The average Bonchev–Trinajstić information content (AvgIpc) is 2.70. The van der Waals surface area contributed by atoms with Crippen molar-refractivity contribution in [2.75, 3.05) is 12.3 Å². The van der Waals surface area contributed by atoms with Crippen LogP contribution < -0.4 is 11.1 Å². The third-order valence-electron chi connectivity index (χ3n) is 3.16. The van der Waals surface area contributed by atoms with Gasteiger partial charge in [-0.05, 0) is 32.8 Å². The van der Waals surface area contributed by atoms with Gasteiger partial charge in [0.25, 0.3) is 5.91 Å². The van der Waals surface area contributed by atoms with Gasteiger partial charge in [0.15, 0.2) is 0 Å². The number of carbonyl (C=O) groups excluding carboxylic acids is 1. The topological polar surface area (TPSA) is 80.3 Å². The zero-order valence-electron chi connectivity index (χ0n) is 11.5. The molecule has 0 fully saturated rings. The molecule has 1 aromatic rings. The monoisotopic (exact) mass is 253 g/mol. The van der Waals surface area contributed by atoms with Gasteiger partial charge in [0, 0.05) is 24.9 Å². The van der Waals surface area contributed by atoms with E-state index in [4.69, 9.17) is 10.8 Å². The number of aromatic nitrogens is 1. The number of rotatable bonds is 5. The van der Waals surface area contributed by atoms with Crippen LogP contribution in [0.3, 0.4) is 0 Å². The first-order chi connectivity index (χ1) is 8.36. The molecular weight excluding hydrogens is 230 g/mol. The van der Waals surface area contributed by atoms with Crippen molar-refractivity contribution in [3.8, 4) is 0 Å². The van der Waals surface area contributed by atoms with E-state index in [9.17, 15) is 4.79 Å². The minimum Gasteiger partial charge on any atom is -0.397 e. The van der Waals surface area contributed by atoms with Crippen molar-refractivity contribution in [1.82, 2.24) is 9.88 Å². The van der Waals surface area contributed by atoms with Crippen LogP contribution in [0.2, 0.25) is 0 Å². The van der Waals surface area contributed by atoms with Gasteiger partial charge in [-0.3, -0.25) is 4.79 Å². The highest BCUT2D eigenvalue weighted by Gasteiger charge is 2.19. The number of nitrogens with one attached hydrogen (secondary N) is 1. The lowest BCUT2D eigenvalue weighted by Crippen LogP contribution is -2.39. The van der Waals surface area contributed by atoms with Crippen LogP contribution in [0, 0.1) is 5.92 Å². The first-order valence-corrected chi connectivity index (χ1v) is 6.25. The third-order valence-corrected chi connectivity index (χ3v) is 3.16. The van der Waals surface area contributed by atoms with Crippen molar-refractivity contribution >= 4 is 11.6 Å². The standard InChI is InChI=1S/C13H23N3O2/c1-8(2)16-6-11(14)5-12(16)13(18)15-10(4)9(3)7-17/h5-6,8-10,17H,7,14H2,1-4H3,(H,15,18). The third kappa shape index (κ3) is 3.26. The summed E-state index contributed by atoms with van der Waals surface area (Å²) in [5.74, 6) is -0.137. The summed E-state index contributed by atoms with van der Waals surface area (Å²) in [5, 5.41) is 11.9. The number of amides is 1. The minimum absolute atomic E-state index is 0.0220. The van der Waals surface area contributed by atoms with Crippen LogP contribution in [-0.4, -0.2) is 28.2 Å². The maximum absolute atomic E-state index is 12.1. The first kappa shape index (κ1) is 14.6. The predicted octanol–water partition coefficient (Wildman–Crippen LogP) is 1.40. The molecule has 0 aliphatic rings. The Morgan fingerprint density at radius 3 is 2.56 bits per heavy atom. The van der Waals surface area contributed by atoms with Gasteiger partial charge < -0.3 is 20.7 Å². The van der Waals surface area contributed by atoms with Gasteiger partial charge in [-0.25, -0.2) is 0 Å². The average molecular weight is 253 g/mol. The Morgan fingerprint density at radius 2 is 2.06 bits per heavy atom. The predicted molar refractivity (Wildman–Crippen MR) is 72.4 cm³/mol. The molecule has 0 aliphatic heterocycles. The summed E-state index contributed by atoms with van der Waals surface area (Å²) in [7, 11) is 0. The summed E-state index contributed by atoms with van der Waals surface area (Å²) in [6.45, 7) is 7.81. The molecule has 5 heteroatoms. The SMILES string of the molecule is CC(CO)C(C)NC(=O)c1cc(N)cn1C(C)C. The molecule has 0 radical (unpaired) electrons. The molecule has 0 saturated heterocycles. The van der Waals surface area contributed by atoms with E-state index in [2.05, 4.69) is 5.32 Å². The van der Waals surface area contributed by atoms with Crippen molar-refractivity contribution in [3.63, 3.8) is 0 Å². The molecule has 0 saturated carbocycles. The van der Waals surface area contributed by atoms with E-state index in [0.717, 1.165) is 0 Å². The summed E-state index contributed by atoms with van der Waals surface area (Å²) in [6, 6.07) is 1.76. The fourth-order valence-electron chi connectivity index (χ4n) is 1.69. The lowest BCUT2D eigenvalue weighted by atomic mass is 10.1. The van der Waals surface area contributed by atoms with Crippen molar-refractivity contribution < 1.29 is 9.90 Å². The minimum atomic E-state index is -0.159. The summed E-state index contributed by atoms with van der Waals surface area (Å²) in [4.78, 5) is 12.1. The smallest absolute Gasteiger partial charge is 0.268 e. The van der Waals surface area contributed by atoms with Crippen molar-refractivity contribution in [2.24, 2.45) is 5.92 Å². The number of hydrogen-bond donors (Lipinski definition) is 3. The van der Waals surface area contributed by atoms with Gasteiger partial charge in [-0.2, -0.15) is 0 Å². The van der Waals surface area contributed by atoms with E-state index in [-0.39, 0.29) is 30.5 Å². The fraction of sp³-hybridized carbons (Fsp3) is 0.615. The van der Waals surface area contributed by atoms with E-state index in [1.165, 1.54) is 0 Å². The van der Waals surface area contributed by atoms with Crippen LogP contribution in [-0.2, 0) is 0 Å². The maximum Gasteiger partial charge on any atom is 0.268 e. The van der Waals surface area contributed by atoms with Crippen LogP contribution in [0.4, 0.5) is 5.69 Å². The Bertz CT molecular complexity index is 412. The zero-order chi connectivity index (χ0) is 13.9. The number of hydrogen-bond acceptors (Lipinski definition) is 3. The molecule has 2 unspecified atom stereocenters. The van der Waals surface area contributed by atoms with Crippen molar-refractivity contribution in [3.05, 3.63) is 18.0 Å². The van der Waals surface area contributed by atoms with Crippen LogP contribution in [0.5, 0.6) is 0 Å². The summed E-state index contributed by atoms with van der Waals surface area (Å²) in [6.07, 6.45) is 1.76. The van der Waals surface area contributed by atoms with Crippen LogP contribution in [0.15, 0.2) is 12.3 Å². The lowest BCUT2D eigenvalue weighted by Gasteiger charge is -2.20. The van der Waals surface area contributed by atoms with E-state index in [1.807, 2.05) is 32.3 Å². The maximum atomic E-state index is 12.1. The first-order valence-electron chi connectivity index (χ1n) is 6.25. The molecule has 1 aromatic heterocycles. The Morgan fingerprint density at radius 1 is 1.44 bits per heavy atom. The largest absolute Gasteiger partial charge is 0.397 e. The Kier molecular flexibility index (Phi) is 4.78. The number of nitrogens with two attached hydrogens (primary N) is 1. The number of aliphatic hydroxyl groups excluding tert-OH is 1. The quantitative estimate of drug-likeness (QED) is 0.742. The summed E-state index contributed by atoms with van der Waals surface area (Å²) < 4.78 is 1.85. The van der Waals surface area contributed by atoms with Gasteiger partial charge in [0.2, 0.25) is 0 Å². The molecule has 0 bridgehead atoms. The van der Waals surface area contributed by atoms with Gasteiger partial charge in [0.1, 0.15) is 5.69 Å². The Hall–Kier alpha value is -1.49. The van der Waals surface area contributed by atoms with Gasteiger partial charge in [-0.1, -0.05) is 6.92 Å². The molecule has 1 amide bonds. The normalized spacial score (nSPS) is 14.6.